The van der Waals surface area contributed by atoms with Crippen LogP contribution in [0.4, 0.5) is 11.8 Å². The summed E-state index contributed by atoms with van der Waals surface area (Å²) in [6.07, 6.45) is 8.89. The van der Waals surface area contributed by atoms with Gasteiger partial charge in [-0.25, -0.2) is 15.0 Å². The molecule has 0 unspecified atom stereocenters. The van der Waals surface area contributed by atoms with Crippen molar-refractivity contribution in [2.45, 2.75) is 6.54 Å². The molecule has 2 aromatic heterocycles. The van der Waals surface area contributed by atoms with Gasteiger partial charge < -0.3 is 20.4 Å². The quantitative estimate of drug-likeness (QED) is 0.636. The van der Waals surface area contributed by atoms with E-state index in [1.54, 1.807) is 30.5 Å². The van der Waals surface area contributed by atoms with E-state index in [0.717, 1.165) is 54.6 Å². The van der Waals surface area contributed by atoms with Gasteiger partial charge in [0.1, 0.15) is 5.82 Å². The molecular formula is C22H26N8O. The van der Waals surface area contributed by atoms with Crippen LogP contribution in [0.5, 0.6) is 0 Å². The van der Waals surface area contributed by atoms with Crippen LogP contribution in [-0.2, 0) is 11.3 Å². The molecule has 1 saturated heterocycles. The summed E-state index contributed by atoms with van der Waals surface area (Å²) in [5.41, 5.74) is 8.43. The predicted molar refractivity (Wildman–Crippen MR) is 119 cm³/mol. The minimum absolute atomic E-state index is 0.0124. The van der Waals surface area contributed by atoms with E-state index in [-0.39, 0.29) is 12.5 Å². The maximum absolute atomic E-state index is 11.7. The van der Waals surface area contributed by atoms with Gasteiger partial charge in [0, 0.05) is 70.1 Å². The normalized spacial score (nSPS) is 13.9. The average Bonchev–Trinajstić information content (AvgIpc) is 2.84. The molecule has 1 fully saturated rings. The van der Waals surface area contributed by atoms with Gasteiger partial charge >= 0.3 is 0 Å². The van der Waals surface area contributed by atoms with Crippen molar-refractivity contribution in [3.8, 4) is 11.1 Å². The van der Waals surface area contributed by atoms with Gasteiger partial charge in [0.15, 0.2) is 0 Å². The molecule has 0 bridgehead atoms. The van der Waals surface area contributed by atoms with Gasteiger partial charge in [0.05, 0.1) is 12.7 Å². The van der Waals surface area contributed by atoms with Crippen molar-refractivity contribution < 1.29 is 4.79 Å². The summed E-state index contributed by atoms with van der Waals surface area (Å²) in [5, 5.41) is 0. The van der Waals surface area contributed by atoms with Crippen molar-refractivity contribution in [2.24, 2.45) is 5.73 Å². The van der Waals surface area contributed by atoms with Gasteiger partial charge in [-0.1, -0.05) is 18.2 Å². The first-order valence-electron chi connectivity index (χ1n) is 10.3. The smallest absolute Gasteiger partial charge is 0.236 e. The first kappa shape index (κ1) is 20.7. The second-order valence-electron chi connectivity index (χ2n) is 7.46. The predicted octanol–water partition coefficient (Wildman–Crippen LogP) is 1.18. The molecule has 0 saturated carbocycles. The van der Waals surface area contributed by atoms with Crippen LogP contribution in [0.15, 0.2) is 55.2 Å². The Bertz CT molecular complexity index is 1000. The lowest BCUT2D eigenvalue weighted by Gasteiger charge is -2.35. The highest BCUT2D eigenvalue weighted by Gasteiger charge is 2.20. The molecule has 3 heterocycles. The molecule has 9 heteroatoms. The van der Waals surface area contributed by atoms with Gasteiger partial charge in [-0.3, -0.25) is 9.78 Å². The second kappa shape index (κ2) is 9.48. The molecule has 160 valence electrons. The zero-order valence-corrected chi connectivity index (χ0v) is 17.6. The lowest BCUT2D eigenvalue weighted by atomic mass is 10.1. The molecule has 1 aliphatic rings. The molecule has 0 radical (unpaired) electrons. The lowest BCUT2D eigenvalue weighted by Crippen LogP contribution is -2.47. The van der Waals surface area contributed by atoms with Crippen LogP contribution in [0.3, 0.4) is 0 Å². The van der Waals surface area contributed by atoms with Crippen molar-refractivity contribution in [3.63, 3.8) is 0 Å². The summed E-state index contributed by atoms with van der Waals surface area (Å²) in [6.45, 7) is 3.87. The van der Waals surface area contributed by atoms with Crippen molar-refractivity contribution >= 4 is 17.7 Å². The maximum Gasteiger partial charge on any atom is 0.236 e. The topological polar surface area (TPSA) is 104 Å². The fourth-order valence-corrected chi connectivity index (χ4v) is 3.59. The Kier molecular flexibility index (Phi) is 6.32. The van der Waals surface area contributed by atoms with Crippen LogP contribution in [-0.4, -0.2) is 70.5 Å². The third kappa shape index (κ3) is 4.95. The summed E-state index contributed by atoms with van der Waals surface area (Å²) in [7, 11) is 1.75. The molecule has 0 spiro atoms. The van der Waals surface area contributed by atoms with Gasteiger partial charge in [-0.2, -0.15) is 0 Å². The highest BCUT2D eigenvalue weighted by atomic mass is 16.2. The van der Waals surface area contributed by atoms with Crippen molar-refractivity contribution in [3.05, 3.63) is 60.8 Å². The Morgan fingerprint density at radius 2 is 1.74 bits per heavy atom. The highest BCUT2D eigenvalue weighted by Crippen LogP contribution is 2.22. The number of amides is 1. The standard InChI is InChI=1S/C22H26N8O/c1-28(21(31)12-23)16-17-3-2-4-18(11-17)19-13-26-22(27-14-19)30-9-7-29(8-10-30)20-15-24-5-6-25-20/h2-6,11,13-15H,7-10,12,16,23H2,1H3. The molecule has 9 nitrogen and oxygen atoms in total. The Balaban J connectivity index is 1.40. The number of anilines is 2. The average molecular weight is 419 g/mol. The van der Waals surface area contributed by atoms with Crippen molar-refractivity contribution in [2.75, 3.05) is 49.6 Å². The monoisotopic (exact) mass is 418 g/mol. The number of nitrogens with two attached hydrogens (primary N) is 1. The van der Waals surface area contributed by atoms with Gasteiger partial charge in [-0.05, 0) is 17.2 Å². The Morgan fingerprint density at radius 3 is 2.42 bits per heavy atom. The fourth-order valence-electron chi connectivity index (χ4n) is 3.59. The number of benzene rings is 1. The van der Waals surface area contributed by atoms with Crippen LogP contribution < -0.4 is 15.5 Å². The van der Waals surface area contributed by atoms with Gasteiger partial charge in [-0.15, -0.1) is 0 Å². The van der Waals surface area contributed by atoms with Crippen molar-refractivity contribution in [1.82, 2.24) is 24.8 Å². The van der Waals surface area contributed by atoms with Gasteiger partial charge in [0.2, 0.25) is 11.9 Å². The largest absolute Gasteiger partial charge is 0.352 e. The van der Waals surface area contributed by atoms with E-state index < -0.39 is 0 Å². The minimum atomic E-state index is -0.0857. The number of aromatic nitrogens is 4. The summed E-state index contributed by atoms with van der Waals surface area (Å²) < 4.78 is 0. The summed E-state index contributed by atoms with van der Waals surface area (Å²) in [4.78, 5) is 35.5. The van der Waals surface area contributed by atoms with Crippen LogP contribution >= 0.6 is 0 Å². The molecule has 1 aromatic carbocycles. The first-order chi connectivity index (χ1) is 15.1. The molecule has 31 heavy (non-hydrogen) atoms. The number of hydrogen-bond acceptors (Lipinski definition) is 8. The number of carbonyl (C=O) groups excluding carboxylic acids is 1. The Morgan fingerprint density at radius 1 is 1.00 bits per heavy atom. The highest BCUT2D eigenvalue weighted by molar-refractivity contribution is 5.77. The number of likely N-dealkylation sites (N-methyl/N-ethyl adjacent to an activating group) is 1. The van der Waals surface area contributed by atoms with E-state index in [1.807, 2.05) is 30.6 Å². The fraction of sp³-hybridized carbons (Fsp3) is 0.318. The van der Waals surface area contributed by atoms with Crippen LogP contribution in [0, 0.1) is 0 Å². The number of nitrogens with zero attached hydrogens (tertiary/aromatic N) is 7. The third-order valence-electron chi connectivity index (χ3n) is 5.35. The molecule has 4 rings (SSSR count). The molecule has 1 amide bonds. The van der Waals surface area contributed by atoms with Crippen LogP contribution in [0.2, 0.25) is 0 Å². The Labute approximate surface area is 181 Å². The summed E-state index contributed by atoms with van der Waals surface area (Å²) in [5.74, 6) is 1.54. The van der Waals surface area contributed by atoms with E-state index in [1.165, 1.54) is 0 Å². The van der Waals surface area contributed by atoms with E-state index in [4.69, 9.17) is 5.73 Å². The zero-order chi connectivity index (χ0) is 21.6. The number of carbonyl (C=O) groups is 1. The van der Waals surface area contributed by atoms with E-state index in [9.17, 15) is 4.79 Å². The SMILES string of the molecule is CN(Cc1cccc(-c2cnc(N3CCN(c4cnccn4)CC3)nc2)c1)C(=O)CN. The summed E-state index contributed by atoms with van der Waals surface area (Å²) >= 11 is 0. The zero-order valence-electron chi connectivity index (χ0n) is 17.6. The third-order valence-corrected chi connectivity index (χ3v) is 5.35. The maximum atomic E-state index is 11.7. The molecule has 0 atom stereocenters. The molecule has 3 aromatic rings. The van der Waals surface area contributed by atoms with E-state index in [0.29, 0.717) is 6.54 Å². The van der Waals surface area contributed by atoms with E-state index >= 15 is 0 Å². The Hall–Kier alpha value is -3.59. The first-order valence-corrected chi connectivity index (χ1v) is 10.3. The van der Waals surface area contributed by atoms with Crippen molar-refractivity contribution in [1.29, 1.82) is 0 Å². The number of hydrogen-bond donors (Lipinski definition) is 1. The minimum Gasteiger partial charge on any atom is -0.352 e. The van der Waals surface area contributed by atoms with E-state index in [2.05, 4.69) is 35.8 Å². The molecule has 1 aliphatic heterocycles. The number of piperazine rings is 1. The van der Waals surface area contributed by atoms with Crippen LogP contribution in [0.25, 0.3) is 11.1 Å². The molecule has 2 N–H and O–H groups in total. The van der Waals surface area contributed by atoms with Gasteiger partial charge in [0.25, 0.3) is 0 Å². The lowest BCUT2D eigenvalue weighted by molar-refractivity contribution is -0.128. The summed E-state index contributed by atoms with van der Waals surface area (Å²) in [6, 6.07) is 8.05. The molecule has 0 aliphatic carbocycles. The second-order valence-corrected chi connectivity index (χ2v) is 7.46. The molecular weight excluding hydrogens is 392 g/mol. The van der Waals surface area contributed by atoms with Crippen LogP contribution in [0.1, 0.15) is 5.56 Å². The number of rotatable bonds is 6.